The average molecular weight is 487 g/mol. The number of anilines is 1. The van der Waals surface area contributed by atoms with Crippen molar-refractivity contribution in [3.8, 4) is 0 Å². The summed E-state index contributed by atoms with van der Waals surface area (Å²) >= 11 is 6.09. The zero-order valence-corrected chi connectivity index (χ0v) is 20.8. The van der Waals surface area contributed by atoms with E-state index < -0.39 is 0 Å². The van der Waals surface area contributed by atoms with Gasteiger partial charge < -0.3 is 9.88 Å². The van der Waals surface area contributed by atoms with Gasteiger partial charge in [-0.05, 0) is 73.8 Å². The van der Waals surface area contributed by atoms with E-state index >= 15 is 0 Å². The second-order valence-electron chi connectivity index (χ2n) is 9.28. The average Bonchev–Trinajstić information content (AvgIpc) is 3.22. The summed E-state index contributed by atoms with van der Waals surface area (Å²) in [4.78, 5) is 20.3. The van der Waals surface area contributed by atoms with Crippen molar-refractivity contribution in [3.63, 3.8) is 0 Å². The molecular weight excluding hydrogens is 456 g/mol. The first-order valence-corrected chi connectivity index (χ1v) is 12.8. The third-order valence-corrected chi connectivity index (χ3v) is 7.22. The minimum absolute atomic E-state index is 0.0454. The fraction of sp³-hybridized carbons (Fsp3) is 0.310. The molecule has 5 rings (SSSR count). The Morgan fingerprint density at radius 2 is 1.69 bits per heavy atom. The number of aromatic nitrogens is 2. The van der Waals surface area contributed by atoms with Crippen LogP contribution in [0, 0.1) is 5.92 Å². The molecule has 1 aromatic heterocycles. The lowest BCUT2D eigenvalue weighted by molar-refractivity contribution is -0.121. The van der Waals surface area contributed by atoms with Crippen molar-refractivity contribution in [2.24, 2.45) is 5.92 Å². The lowest BCUT2D eigenvalue weighted by atomic mass is 9.95. The number of fused-ring (bicyclic) bond motifs is 1. The van der Waals surface area contributed by atoms with Gasteiger partial charge in [0.1, 0.15) is 5.82 Å². The molecule has 0 atom stereocenters. The van der Waals surface area contributed by atoms with Crippen LogP contribution in [0.3, 0.4) is 0 Å². The highest BCUT2D eigenvalue weighted by molar-refractivity contribution is 6.30. The molecule has 1 aliphatic heterocycles. The first-order valence-electron chi connectivity index (χ1n) is 12.4. The van der Waals surface area contributed by atoms with Gasteiger partial charge in [-0.25, -0.2) is 4.98 Å². The molecule has 1 aliphatic rings. The van der Waals surface area contributed by atoms with Crippen LogP contribution in [-0.4, -0.2) is 33.4 Å². The van der Waals surface area contributed by atoms with Crippen molar-refractivity contribution in [3.05, 3.63) is 94.8 Å². The number of halogens is 1. The summed E-state index contributed by atoms with van der Waals surface area (Å²) in [6.07, 6.45) is 2.63. The van der Waals surface area contributed by atoms with Gasteiger partial charge in [0.05, 0.1) is 17.6 Å². The Hall–Kier alpha value is -3.15. The van der Waals surface area contributed by atoms with Crippen LogP contribution in [0.25, 0.3) is 11.0 Å². The van der Waals surface area contributed by atoms with E-state index in [-0.39, 0.29) is 11.8 Å². The number of aryl methyl sites for hydroxylation is 1. The first-order chi connectivity index (χ1) is 17.1. The molecule has 3 aromatic carbocycles. The molecular formula is C29H31ClN4O. The van der Waals surface area contributed by atoms with Crippen LogP contribution in [0.4, 0.5) is 5.69 Å². The number of carbonyl (C=O) groups is 1. The third kappa shape index (κ3) is 5.42. The quantitative estimate of drug-likeness (QED) is 0.341. The van der Waals surface area contributed by atoms with Crippen LogP contribution >= 0.6 is 11.6 Å². The van der Waals surface area contributed by atoms with Crippen molar-refractivity contribution in [1.29, 1.82) is 0 Å². The normalized spacial score (nSPS) is 14.9. The molecule has 4 aromatic rings. The molecule has 0 spiro atoms. The fourth-order valence-electron chi connectivity index (χ4n) is 4.93. The summed E-state index contributed by atoms with van der Waals surface area (Å²) in [5, 5.41) is 3.92. The van der Waals surface area contributed by atoms with E-state index in [9.17, 15) is 4.79 Å². The second kappa shape index (κ2) is 10.6. The molecule has 1 fully saturated rings. The standard InChI is InChI=1S/C29H31ClN4O/c1-2-22-7-3-4-8-25(22)32-29(35)23-15-17-33(18-16-23)20-28-31-26-9-5-6-10-27(26)34(28)19-21-11-13-24(30)14-12-21/h3-14,23H,2,15-20H2,1H3,(H,32,35). The molecule has 35 heavy (non-hydrogen) atoms. The Kier molecular flexibility index (Phi) is 7.16. The summed E-state index contributed by atoms with van der Waals surface area (Å²) < 4.78 is 2.30. The van der Waals surface area contributed by atoms with Gasteiger partial charge in [-0.1, -0.05) is 61.0 Å². The van der Waals surface area contributed by atoms with E-state index in [1.807, 2.05) is 36.4 Å². The summed E-state index contributed by atoms with van der Waals surface area (Å²) in [5.74, 6) is 1.24. The molecule has 0 bridgehead atoms. The van der Waals surface area contributed by atoms with Crippen LogP contribution < -0.4 is 5.32 Å². The predicted octanol–water partition coefficient (Wildman–Crippen LogP) is 6.15. The lowest BCUT2D eigenvalue weighted by Gasteiger charge is -2.31. The monoisotopic (exact) mass is 486 g/mol. The SMILES string of the molecule is CCc1ccccc1NC(=O)C1CCN(Cc2nc3ccccc3n2Cc2ccc(Cl)cc2)CC1. The Bertz CT molecular complexity index is 1310. The van der Waals surface area contributed by atoms with Gasteiger partial charge in [-0.2, -0.15) is 0 Å². The highest BCUT2D eigenvalue weighted by Crippen LogP contribution is 2.25. The Morgan fingerprint density at radius 1 is 0.971 bits per heavy atom. The number of likely N-dealkylation sites (tertiary alicyclic amines) is 1. The summed E-state index contributed by atoms with van der Waals surface area (Å²) in [7, 11) is 0. The first kappa shape index (κ1) is 23.6. The third-order valence-electron chi connectivity index (χ3n) is 6.97. The lowest BCUT2D eigenvalue weighted by Crippen LogP contribution is -2.38. The maximum absolute atomic E-state index is 12.9. The minimum atomic E-state index is 0.0454. The molecule has 0 radical (unpaired) electrons. The van der Waals surface area contributed by atoms with Gasteiger partial charge in [-0.15, -0.1) is 0 Å². The zero-order valence-electron chi connectivity index (χ0n) is 20.1. The number of rotatable bonds is 7. The van der Waals surface area contributed by atoms with Crippen molar-refractivity contribution in [2.45, 2.75) is 39.3 Å². The Morgan fingerprint density at radius 3 is 2.46 bits per heavy atom. The van der Waals surface area contributed by atoms with E-state index in [1.165, 1.54) is 11.1 Å². The van der Waals surface area contributed by atoms with Crippen LogP contribution in [-0.2, 0) is 24.3 Å². The topological polar surface area (TPSA) is 50.2 Å². The zero-order chi connectivity index (χ0) is 24.2. The number of imidazole rings is 1. The number of para-hydroxylation sites is 3. The van der Waals surface area contributed by atoms with Crippen LogP contribution in [0.2, 0.25) is 5.02 Å². The largest absolute Gasteiger partial charge is 0.326 e. The van der Waals surface area contributed by atoms with Crippen molar-refractivity contribution < 1.29 is 4.79 Å². The van der Waals surface area contributed by atoms with Gasteiger partial charge in [0.2, 0.25) is 5.91 Å². The molecule has 1 N–H and O–H groups in total. The molecule has 2 heterocycles. The number of nitrogens with zero attached hydrogens (tertiary/aromatic N) is 3. The van der Waals surface area contributed by atoms with Gasteiger partial charge in [0, 0.05) is 23.2 Å². The molecule has 1 amide bonds. The molecule has 180 valence electrons. The smallest absolute Gasteiger partial charge is 0.227 e. The van der Waals surface area contributed by atoms with Gasteiger partial charge in [0.25, 0.3) is 0 Å². The van der Waals surface area contributed by atoms with Crippen molar-refractivity contribution in [2.75, 3.05) is 18.4 Å². The molecule has 0 unspecified atom stereocenters. The van der Waals surface area contributed by atoms with E-state index in [2.05, 4.69) is 58.1 Å². The van der Waals surface area contributed by atoms with E-state index in [0.717, 1.165) is 73.0 Å². The van der Waals surface area contributed by atoms with Gasteiger partial charge in [-0.3, -0.25) is 9.69 Å². The molecule has 1 saturated heterocycles. The number of piperidine rings is 1. The van der Waals surface area contributed by atoms with Crippen LogP contribution in [0.5, 0.6) is 0 Å². The molecule has 5 nitrogen and oxygen atoms in total. The summed E-state index contributed by atoms with van der Waals surface area (Å²) in [5.41, 5.74) is 5.47. The summed E-state index contributed by atoms with van der Waals surface area (Å²) in [6.45, 7) is 5.41. The Labute approximate surface area is 211 Å². The highest BCUT2D eigenvalue weighted by atomic mass is 35.5. The van der Waals surface area contributed by atoms with Gasteiger partial charge >= 0.3 is 0 Å². The molecule has 6 heteroatoms. The summed E-state index contributed by atoms with van der Waals surface area (Å²) in [6, 6.07) is 24.4. The van der Waals surface area contributed by atoms with Crippen LogP contribution in [0.15, 0.2) is 72.8 Å². The van der Waals surface area contributed by atoms with E-state index in [0.29, 0.717) is 0 Å². The number of hydrogen-bond donors (Lipinski definition) is 1. The molecule has 0 aliphatic carbocycles. The Balaban J connectivity index is 1.26. The number of nitrogens with one attached hydrogen (secondary N) is 1. The van der Waals surface area contributed by atoms with E-state index in [1.54, 1.807) is 0 Å². The van der Waals surface area contributed by atoms with E-state index in [4.69, 9.17) is 16.6 Å². The molecule has 0 saturated carbocycles. The second-order valence-corrected chi connectivity index (χ2v) is 9.72. The number of benzene rings is 3. The predicted molar refractivity (Wildman–Crippen MR) is 143 cm³/mol. The van der Waals surface area contributed by atoms with Gasteiger partial charge in [0.15, 0.2) is 0 Å². The highest BCUT2D eigenvalue weighted by Gasteiger charge is 2.26. The minimum Gasteiger partial charge on any atom is -0.326 e. The van der Waals surface area contributed by atoms with Crippen LogP contribution in [0.1, 0.15) is 36.7 Å². The van der Waals surface area contributed by atoms with Crippen molar-refractivity contribution in [1.82, 2.24) is 14.5 Å². The maximum Gasteiger partial charge on any atom is 0.227 e. The number of hydrogen-bond acceptors (Lipinski definition) is 3. The van der Waals surface area contributed by atoms with Crippen molar-refractivity contribution >= 4 is 34.2 Å². The number of carbonyl (C=O) groups excluding carboxylic acids is 1. The number of amides is 1. The maximum atomic E-state index is 12.9. The fourth-order valence-corrected chi connectivity index (χ4v) is 5.06.